The van der Waals surface area contributed by atoms with Crippen molar-refractivity contribution in [3.63, 3.8) is 0 Å². The van der Waals surface area contributed by atoms with Crippen molar-refractivity contribution in [1.29, 1.82) is 0 Å². The van der Waals surface area contributed by atoms with Crippen molar-refractivity contribution in [2.45, 2.75) is 38.3 Å². The lowest BCUT2D eigenvalue weighted by molar-refractivity contribution is 0.0156. The lowest BCUT2D eigenvalue weighted by Crippen LogP contribution is -2.33. The van der Waals surface area contributed by atoms with Crippen molar-refractivity contribution in [3.05, 3.63) is 48.5 Å². The highest BCUT2D eigenvalue weighted by Gasteiger charge is 2.15. The molecule has 1 saturated heterocycles. The third-order valence-electron chi connectivity index (χ3n) is 4.10. The van der Waals surface area contributed by atoms with Crippen molar-refractivity contribution in [2.24, 2.45) is 0 Å². The summed E-state index contributed by atoms with van der Waals surface area (Å²) < 4.78 is 7.80. The largest absolute Gasteiger partial charge is 0.377 e. The van der Waals surface area contributed by atoms with Gasteiger partial charge >= 0.3 is 0 Å². The van der Waals surface area contributed by atoms with Gasteiger partial charge in [0.05, 0.1) is 12.4 Å². The van der Waals surface area contributed by atoms with Crippen LogP contribution in [0.3, 0.4) is 0 Å². The number of hydrogen-bond acceptors (Lipinski definition) is 3. The van der Waals surface area contributed by atoms with E-state index in [1.165, 1.54) is 24.8 Å². The molecule has 1 aromatic carbocycles. The number of nitrogens with one attached hydrogen (secondary N) is 1. The highest BCUT2D eigenvalue weighted by Crippen LogP contribution is 2.18. The first-order chi connectivity index (χ1) is 10.3. The number of benzene rings is 1. The molecule has 1 fully saturated rings. The van der Waals surface area contributed by atoms with Crippen LogP contribution in [-0.2, 0) is 4.74 Å². The molecule has 21 heavy (non-hydrogen) atoms. The van der Waals surface area contributed by atoms with E-state index < -0.39 is 0 Å². The number of aromatic nitrogens is 2. The average Bonchev–Trinajstić information content (AvgIpc) is 3.08. The van der Waals surface area contributed by atoms with Crippen molar-refractivity contribution in [2.75, 3.05) is 13.2 Å². The number of hydrogen-bond donors (Lipinski definition) is 1. The van der Waals surface area contributed by atoms with Crippen LogP contribution in [0.15, 0.2) is 43.0 Å². The van der Waals surface area contributed by atoms with Crippen molar-refractivity contribution in [1.82, 2.24) is 14.9 Å². The van der Waals surface area contributed by atoms with Crippen LogP contribution in [0.2, 0.25) is 0 Å². The molecule has 2 unspecified atom stereocenters. The molecule has 4 nitrogen and oxygen atoms in total. The summed E-state index contributed by atoms with van der Waals surface area (Å²) in [7, 11) is 0. The SMILES string of the molecule is CC(NCC1CCCCO1)c1cccc(-n2ccnc2)c1. The van der Waals surface area contributed by atoms with Gasteiger partial charge in [0.1, 0.15) is 0 Å². The standard InChI is InChI=1S/C17H23N3O/c1-14(19-12-17-7-2-3-10-21-17)15-5-4-6-16(11-15)20-9-8-18-13-20/h4-6,8-9,11,13-14,17,19H,2-3,7,10,12H2,1H3. The van der Waals surface area contributed by atoms with Gasteiger partial charge in [-0.1, -0.05) is 12.1 Å². The first kappa shape index (κ1) is 14.3. The maximum absolute atomic E-state index is 5.77. The molecule has 0 saturated carbocycles. The fraction of sp³-hybridized carbons (Fsp3) is 0.471. The Morgan fingerprint density at radius 1 is 1.43 bits per heavy atom. The Labute approximate surface area is 126 Å². The zero-order chi connectivity index (χ0) is 14.5. The lowest BCUT2D eigenvalue weighted by atomic mass is 10.1. The number of nitrogens with zero attached hydrogens (tertiary/aromatic N) is 2. The van der Waals surface area contributed by atoms with Gasteiger partial charge in [0, 0.05) is 37.3 Å². The van der Waals surface area contributed by atoms with Crippen LogP contribution in [0.25, 0.3) is 5.69 Å². The number of ether oxygens (including phenoxy) is 1. The molecule has 1 aliphatic rings. The highest BCUT2D eigenvalue weighted by molar-refractivity contribution is 5.36. The smallest absolute Gasteiger partial charge is 0.0991 e. The molecule has 1 aliphatic heterocycles. The van der Waals surface area contributed by atoms with E-state index in [0.29, 0.717) is 12.1 Å². The molecule has 1 N–H and O–H groups in total. The second-order valence-electron chi connectivity index (χ2n) is 5.68. The molecule has 4 heteroatoms. The van der Waals surface area contributed by atoms with Gasteiger partial charge in [0.15, 0.2) is 0 Å². The fourth-order valence-corrected chi connectivity index (χ4v) is 2.76. The van der Waals surface area contributed by atoms with E-state index in [1.807, 2.05) is 17.1 Å². The quantitative estimate of drug-likeness (QED) is 0.917. The summed E-state index contributed by atoms with van der Waals surface area (Å²) in [6, 6.07) is 8.89. The number of imidazole rings is 1. The van der Waals surface area contributed by atoms with Crippen LogP contribution in [0.4, 0.5) is 0 Å². The van der Waals surface area contributed by atoms with Crippen LogP contribution in [0, 0.1) is 0 Å². The predicted octanol–water partition coefficient (Wildman–Crippen LogP) is 3.09. The van der Waals surface area contributed by atoms with Gasteiger partial charge in [-0.05, 0) is 43.9 Å². The maximum atomic E-state index is 5.77. The van der Waals surface area contributed by atoms with Crippen LogP contribution < -0.4 is 5.32 Å². The van der Waals surface area contributed by atoms with Crippen molar-refractivity contribution < 1.29 is 4.74 Å². The molecule has 0 aliphatic carbocycles. The first-order valence-electron chi connectivity index (χ1n) is 7.76. The zero-order valence-corrected chi connectivity index (χ0v) is 12.5. The third-order valence-corrected chi connectivity index (χ3v) is 4.10. The van der Waals surface area contributed by atoms with Crippen molar-refractivity contribution in [3.8, 4) is 5.69 Å². The van der Waals surface area contributed by atoms with E-state index in [9.17, 15) is 0 Å². The van der Waals surface area contributed by atoms with E-state index in [0.717, 1.165) is 18.8 Å². The molecule has 0 spiro atoms. The molecule has 3 rings (SSSR count). The maximum Gasteiger partial charge on any atom is 0.0991 e. The molecule has 0 amide bonds. The second kappa shape index (κ2) is 6.87. The second-order valence-corrected chi connectivity index (χ2v) is 5.68. The van der Waals surface area contributed by atoms with Crippen LogP contribution >= 0.6 is 0 Å². The van der Waals surface area contributed by atoms with Gasteiger partial charge in [-0.25, -0.2) is 4.98 Å². The van der Waals surface area contributed by atoms with E-state index in [-0.39, 0.29) is 0 Å². The summed E-state index contributed by atoms with van der Waals surface area (Å²) >= 11 is 0. The zero-order valence-electron chi connectivity index (χ0n) is 12.5. The lowest BCUT2D eigenvalue weighted by Gasteiger charge is -2.25. The van der Waals surface area contributed by atoms with Crippen molar-refractivity contribution >= 4 is 0 Å². The Balaban J connectivity index is 1.61. The number of rotatable bonds is 5. The molecule has 2 atom stereocenters. The van der Waals surface area contributed by atoms with Gasteiger partial charge in [-0.3, -0.25) is 0 Å². The minimum absolute atomic E-state index is 0.319. The third kappa shape index (κ3) is 3.71. The van der Waals surface area contributed by atoms with Gasteiger partial charge < -0.3 is 14.6 Å². The highest BCUT2D eigenvalue weighted by atomic mass is 16.5. The predicted molar refractivity (Wildman–Crippen MR) is 83.6 cm³/mol. The summed E-state index contributed by atoms with van der Waals surface area (Å²) in [6.07, 6.45) is 9.64. The van der Waals surface area contributed by atoms with Gasteiger partial charge in [-0.2, -0.15) is 0 Å². The van der Waals surface area contributed by atoms with Crippen LogP contribution in [0.1, 0.15) is 37.8 Å². The van der Waals surface area contributed by atoms with E-state index in [1.54, 1.807) is 6.20 Å². The summed E-state index contributed by atoms with van der Waals surface area (Å²) in [4.78, 5) is 4.10. The topological polar surface area (TPSA) is 39.1 Å². The van der Waals surface area contributed by atoms with Gasteiger partial charge in [0.2, 0.25) is 0 Å². The normalized spacial score (nSPS) is 20.3. The molecule has 0 radical (unpaired) electrons. The Bertz CT molecular complexity index is 547. The summed E-state index contributed by atoms with van der Waals surface area (Å²) in [5.74, 6) is 0. The Kier molecular flexibility index (Phi) is 4.68. The molecular weight excluding hydrogens is 262 g/mol. The van der Waals surface area contributed by atoms with Crippen LogP contribution in [-0.4, -0.2) is 28.8 Å². The molecule has 1 aromatic heterocycles. The Morgan fingerprint density at radius 2 is 2.38 bits per heavy atom. The first-order valence-corrected chi connectivity index (χ1v) is 7.76. The monoisotopic (exact) mass is 285 g/mol. The summed E-state index contributed by atoms with van der Waals surface area (Å²) in [5, 5.41) is 3.59. The molecule has 2 heterocycles. The minimum atomic E-state index is 0.319. The Hall–Kier alpha value is -1.65. The molecule has 0 bridgehead atoms. The van der Waals surface area contributed by atoms with Gasteiger partial charge in [-0.15, -0.1) is 0 Å². The average molecular weight is 285 g/mol. The fourth-order valence-electron chi connectivity index (χ4n) is 2.76. The molecule has 112 valence electrons. The molecular formula is C17H23N3O. The van der Waals surface area contributed by atoms with E-state index >= 15 is 0 Å². The Morgan fingerprint density at radius 3 is 3.14 bits per heavy atom. The molecule has 2 aromatic rings. The van der Waals surface area contributed by atoms with E-state index in [2.05, 4.69) is 41.5 Å². The van der Waals surface area contributed by atoms with E-state index in [4.69, 9.17) is 4.74 Å². The van der Waals surface area contributed by atoms with Crippen LogP contribution in [0.5, 0.6) is 0 Å². The summed E-state index contributed by atoms with van der Waals surface area (Å²) in [6.45, 7) is 4.04. The minimum Gasteiger partial charge on any atom is -0.377 e. The summed E-state index contributed by atoms with van der Waals surface area (Å²) in [5.41, 5.74) is 2.43. The van der Waals surface area contributed by atoms with Gasteiger partial charge in [0.25, 0.3) is 0 Å².